The first-order valence-corrected chi connectivity index (χ1v) is 9.59. The fourth-order valence-electron chi connectivity index (χ4n) is 3.14. The Morgan fingerprint density at radius 1 is 1.21 bits per heavy atom. The molecule has 2 aromatic rings. The van der Waals surface area contributed by atoms with Gasteiger partial charge in [-0.1, -0.05) is 31.5 Å². The second-order valence-corrected chi connectivity index (χ2v) is 7.38. The largest absolute Gasteiger partial charge is 0.494 e. The summed E-state index contributed by atoms with van der Waals surface area (Å²) in [4.78, 5) is 26.3. The highest BCUT2D eigenvalue weighted by Crippen LogP contribution is 2.32. The molecule has 0 atom stereocenters. The molecule has 5 nitrogen and oxygen atoms in total. The topological polar surface area (TPSA) is 58.6 Å². The van der Waals surface area contributed by atoms with Crippen LogP contribution in [0.15, 0.2) is 42.1 Å². The highest BCUT2D eigenvalue weighted by atomic mass is 35.5. The molecule has 0 radical (unpaired) electrons. The van der Waals surface area contributed by atoms with Gasteiger partial charge in [0, 0.05) is 5.02 Å². The van der Waals surface area contributed by atoms with Crippen LogP contribution in [0.2, 0.25) is 5.02 Å². The molecule has 1 heterocycles. The molecule has 0 aliphatic carbocycles. The molecule has 0 bridgehead atoms. The summed E-state index contributed by atoms with van der Waals surface area (Å²) in [7, 11) is 0. The highest BCUT2D eigenvalue weighted by molar-refractivity contribution is 6.32. The average Bonchev–Trinajstić information content (AvgIpc) is 2.90. The molecule has 0 spiro atoms. The van der Waals surface area contributed by atoms with E-state index < -0.39 is 11.9 Å². The van der Waals surface area contributed by atoms with Gasteiger partial charge in [0.05, 0.1) is 12.3 Å². The number of carbonyl (C=O) groups excluding carboxylic acids is 2. The van der Waals surface area contributed by atoms with Crippen LogP contribution in [0, 0.1) is 6.92 Å². The first-order chi connectivity index (χ1) is 13.3. The minimum atomic E-state index is -0.494. The summed E-state index contributed by atoms with van der Waals surface area (Å²) < 4.78 is 5.75. The summed E-state index contributed by atoms with van der Waals surface area (Å²) in [5.74, 6) is 0.697. The van der Waals surface area contributed by atoms with Gasteiger partial charge in [-0.25, -0.2) is 9.69 Å². The number of halogens is 2. The predicted octanol–water partition coefficient (Wildman–Crippen LogP) is 5.69. The molecule has 0 saturated carbocycles. The van der Waals surface area contributed by atoms with Crippen molar-refractivity contribution in [1.82, 2.24) is 5.32 Å². The maximum atomic E-state index is 12.8. The number of ether oxygens (including phenoxy) is 1. The summed E-state index contributed by atoms with van der Waals surface area (Å²) in [6.07, 6.45) is 1.71. The Morgan fingerprint density at radius 3 is 2.55 bits per heavy atom. The Balaban J connectivity index is 0.00000300. The van der Waals surface area contributed by atoms with Gasteiger partial charge in [-0.3, -0.25) is 4.79 Å². The third-order valence-corrected chi connectivity index (χ3v) is 4.80. The summed E-state index contributed by atoms with van der Waals surface area (Å²) >= 11 is 6.00. The van der Waals surface area contributed by atoms with Crippen LogP contribution in [0.5, 0.6) is 5.75 Å². The van der Waals surface area contributed by atoms with Gasteiger partial charge in [0.15, 0.2) is 0 Å². The van der Waals surface area contributed by atoms with E-state index in [4.69, 9.17) is 16.3 Å². The van der Waals surface area contributed by atoms with Crippen molar-refractivity contribution < 1.29 is 14.3 Å². The molecular formula is C22H24Cl2N2O3. The van der Waals surface area contributed by atoms with Crippen molar-refractivity contribution in [3.05, 3.63) is 63.8 Å². The number of nitrogens with one attached hydrogen (secondary N) is 1. The molecule has 29 heavy (non-hydrogen) atoms. The van der Waals surface area contributed by atoms with Crippen LogP contribution in [0.25, 0.3) is 6.08 Å². The number of nitrogens with zero attached hydrogens (tertiary/aromatic N) is 1. The zero-order valence-electron chi connectivity index (χ0n) is 16.8. The molecule has 1 fully saturated rings. The lowest BCUT2D eigenvalue weighted by atomic mass is 9.96. The van der Waals surface area contributed by atoms with Crippen molar-refractivity contribution in [2.24, 2.45) is 0 Å². The summed E-state index contributed by atoms with van der Waals surface area (Å²) in [5, 5.41) is 3.12. The maximum Gasteiger partial charge on any atom is 0.333 e. The molecule has 1 aliphatic rings. The monoisotopic (exact) mass is 434 g/mol. The molecule has 0 unspecified atom stereocenters. The van der Waals surface area contributed by atoms with Gasteiger partial charge in [-0.2, -0.15) is 0 Å². The van der Waals surface area contributed by atoms with E-state index in [1.807, 2.05) is 26.0 Å². The minimum Gasteiger partial charge on any atom is -0.494 e. The standard InChI is InChI=1S/C22H23ClN2O3.ClH/c1-5-28-20-9-14(4)15(10-18(20)13(2)3)11-19-21(26)25(22(27)24-19)17-8-6-7-16(23)12-17;/h6-13H,5H2,1-4H3,(H,24,27);1H. The van der Waals surface area contributed by atoms with Crippen molar-refractivity contribution in [2.45, 2.75) is 33.6 Å². The van der Waals surface area contributed by atoms with Gasteiger partial charge in [-0.05, 0) is 72.9 Å². The van der Waals surface area contributed by atoms with Crippen LogP contribution < -0.4 is 15.0 Å². The maximum absolute atomic E-state index is 12.8. The van der Waals surface area contributed by atoms with E-state index in [0.29, 0.717) is 17.3 Å². The van der Waals surface area contributed by atoms with Gasteiger partial charge in [-0.15, -0.1) is 12.4 Å². The molecular weight excluding hydrogens is 411 g/mol. The Bertz CT molecular complexity index is 971. The minimum absolute atomic E-state index is 0. The van der Waals surface area contributed by atoms with E-state index in [9.17, 15) is 9.59 Å². The summed E-state index contributed by atoms with van der Waals surface area (Å²) in [6.45, 7) is 8.67. The van der Waals surface area contributed by atoms with Crippen molar-refractivity contribution >= 4 is 47.7 Å². The van der Waals surface area contributed by atoms with Crippen LogP contribution in [-0.4, -0.2) is 18.5 Å². The number of urea groups is 1. The van der Waals surface area contributed by atoms with Crippen molar-refractivity contribution in [1.29, 1.82) is 0 Å². The normalized spacial score (nSPS) is 15.0. The number of imide groups is 1. The van der Waals surface area contributed by atoms with Crippen LogP contribution in [0.1, 0.15) is 43.4 Å². The van der Waals surface area contributed by atoms with Gasteiger partial charge < -0.3 is 10.1 Å². The fourth-order valence-corrected chi connectivity index (χ4v) is 3.33. The first kappa shape index (κ1) is 22.8. The van der Waals surface area contributed by atoms with E-state index in [1.54, 1.807) is 30.3 Å². The van der Waals surface area contributed by atoms with Gasteiger partial charge in [0.25, 0.3) is 5.91 Å². The smallest absolute Gasteiger partial charge is 0.333 e. The lowest BCUT2D eigenvalue weighted by Crippen LogP contribution is -2.30. The quantitative estimate of drug-likeness (QED) is 0.485. The van der Waals surface area contributed by atoms with E-state index in [-0.39, 0.29) is 24.0 Å². The Hall–Kier alpha value is -2.50. The second kappa shape index (κ2) is 9.33. The lowest BCUT2D eigenvalue weighted by Gasteiger charge is -2.16. The van der Waals surface area contributed by atoms with Crippen LogP contribution in [-0.2, 0) is 4.79 Å². The number of hydrogen-bond acceptors (Lipinski definition) is 3. The van der Waals surface area contributed by atoms with Crippen LogP contribution in [0.3, 0.4) is 0 Å². The van der Waals surface area contributed by atoms with Gasteiger partial charge >= 0.3 is 6.03 Å². The van der Waals surface area contributed by atoms with Crippen molar-refractivity contribution in [3.63, 3.8) is 0 Å². The number of hydrogen-bond donors (Lipinski definition) is 1. The first-order valence-electron chi connectivity index (χ1n) is 9.21. The van der Waals surface area contributed by atoms with E-state index in [0.717, 1.165) is 27.3 Å². The van der Waals surface area contributed by atoms with Crippen LogP contribution >= 0.6 is 24.0 Å². The average molecular weight is 435 g/mol. The molecule has 3 rings (SSSR count). The summed E-state index contributed by atoms with van der Waals surface area (Å²) in [5.41, 5.74) is 3.55. The fraction of sp³-hybridized carbons (Fsp3) is 0.273. The third-order valence-electron chi connectivity index (χ3n) is 4.56. The van der Waals surface area contributed by atoms with Crippen molar-refractivity contribution in [3.8, 4) is 5.75 Å². The Labute approximate surface area is 182 Å². The SMILES string of the molecule is CCOc1cc(C)c(C=C2NC(=O)N(c3cccc(Cl)c3)C2=O)cc1C(C)C.Cl. The number of carbonyl (C=O) groups is 2. The van der Waals surface area contributed by atoms with E-state index >= 15 is 0 Å². The second-order valence-electron chi connectivity index (χ2n) is 6.94. The number of amides is 3. The van der Waals surface area contributed by atoms with E-state index in [2.05, 4.69) is 19.2 Å². The molecule has 7 heteroatoms. The molecule has 0 aromatic heterocycles. The molecule has 2 aromatic carbocycles. The third kappa shape index (κ3) is 4.74. The predicted molar refractivity (Wildman–Crippen MR) is 119 cm³/mol. The van der Waals surface area contributed by atoms with Gasteiger partial charge in [0.1, 0.15) is 11.4 Å². The highest BCUT2D eigenvalue weighted by Gasteiger charge is 2.35. The lowest BCUT2D eigenvalue weighted by molar-refractivity contribution is -0.113. The molecule has 1 aliphatic heterocycles. The van der Waals surface area contributed by atoms with Crippen molar-refractivity contribution in [2.75, 3.05) is 11.5 Å². The number of benzene rings is 2. The van der Waals surface area contributed by atoms with Gasteiger partial charge in [0.2, 0.25) is 0 Å². The zero-order valence-corrected chi connectivity index (χ0v) is 18.4. The number of rotatable bonds is 5. The number of aryl methyl sites for hydroxylation is 1. The molecule has 154 valence electrons. The molecule has 1 N–H and O–H groups in total. The van der Waals surface area contributed by atoms with E-state index in [1.165, 1.54) is 0 Å². The van der Waals surface area contributed by atoms with Crippen LogP contribution in [0.4, 0.5) is 10.5 Å². The number of anilines is 1. The molecule has 3 amide bonds. The Morgan fingerprint density at radius 2 is 1.93 bits per heavy atom. The zero-order chi connectivity index (χ0) is 20.4. The summed E-state index contributed by atoms with van der Waals surface area (Å²) in [6, 6.07) is 10.1. The Kier molecular flexibility index (Phi) is 7.33. The molecule has 1 saturated heterocycles.